The van der Waals surface area contributed by atoms with Gasteiger partial charge in [-0.15, -0.1) is 0 Å². The van der Waals surface area contributed by atoms with Crippen molar-refractivity contribution in [3.8, 4) is 0 Å². The third-order valence-electron chi connectivity index (χ3n) is 4.66. The van der Waals surface area contributed by atoms with Gasteiger partial charge in [-0.25, -0.2) is 13.2 Å². The van der Waals surface area contributed by atoms with E-state index in [4.69, 9.17) is 4.74 Å². The minimum absolute atomic E-state index is 0.193. The molecule has 0 saturated carbocycles. The molecule has 2 heterocycles. The summed E-state index contributed by atoms with van der Waals surface area (Å²) in [5.41, 5.74) is 1.16. The molecule has 29 heavy (non-hydrogen) atoms. The van der Waals surface area contributed by atoms with Crippen LogP contribution in [-0.2, 0) is 26.6 Å². The Bertz CT molecular complexity index is 990. The van der Waals surface area contributed by atoms with Crippen LogP contribution in [0.25, 0.3) is 6.08 Å². The van der Waals surface area contributed by atoms with E-state index in [-0.39, 0.29) is 38.7 Å². The fourth-order valence-corrected chi connectivity index (χ4v) is 4.15. The van der Waals surface area contributed by atoms with Crippen LogP contribution in [0.1, 0.15) is 16.1 Å². The number of carbonyl (C=O) groups excluding carboxylic acids is 2. The van der Waals surface area contributed by atoms with E-state index in [0.29, 0.717) is 5.69 Å². The Labute approximate surface area is 170 Å². The summed E-state index contributed by atoms with van der Waals surface area (Å²) in [6, 6.07) is 12.5. The molecule has 3 rings (SSSR count). The number of aryl methyl sites for hydroxylation is 1. The zero-order valence-corrected chi connectivity index (χ0v) is 16.9. The van der Waals surface area contributed by atoms with Gasteiger partial charge < -0.3 is 14.2 Å². The van der Waals surface area contributed by atoms with Gasteiger partial charge in [0.25, 0.3) is 5.91 Å². The van der Waals surface area contributed by atoms with Crippen molar-refractivity contribution in [3.05, 3.63) is 65.3 Å². The molecule has 0 unspecified atom stereocenters. The third kappa shape index (κ3) is 5.33. The van der Waals surface area contributed by atoms with E-state index in [2.05, 4.69) is 0 Å². The molecular weight excluding hydrogens is 394 g/mol. The predicted octanol–water partition coefficient (Wildman–Crippen LogP) is 1.33. The molecule has 2 aromatic rings. The number of esters is 1. The lowest BCUT2D eigenvalue weighted by Crippen LogP contribution is -2.51. The number of benzene rings is 1. The number of piperazine rings is 1. The highest BCUT2D eigenvalue weighted by molar-refractivity contribution is 7.92. The summed E-state index contributed by atoms with van der Waals surface area (Å²) in [6.07, 6.45) is 3.26. The van der Waals surface area contributed by atoms with Crippen molar-refractivity contribution in [1.82, 2.24) is 13.8 Å². The van der Waals surface area contributed by atoms with Crippen LogP contribution >= 0.6 is 0 Å². The maximum Gasteiger partial charge on any atom is 0.355 e. The van der Waals surface area contributed by atoms with Gasteiger partial charge in [0.1, 0.15) is 5.69 Å². The van der Waals surface area contributed by atoms with Crippen molar-refractivity contribution in [1.29, 1.82) is 0 Å². The third-order valence-corrected chi connectivity index (χ3v) is 6.23. The summed E-state index contributed by atoms with van der Waals surface area (Å²) in [5, 5.41) is 1.18. The van der Waals surface area contributed by atoms with E-state index in [0.717, 1.165) is 5.56 Å². The summed E-state index contributed by atoms with van der Waals surface area (Å²) < 4.78 is 33.0. The molecule has 9 heteroatoms. The fraction of sp³-hybridized carbons (Fsp3) is 0.300. The van der Waals surface area contributed by atoms with Crippen LogP contribution in [0.2, 0.25) is 0 Å². The van der Waals surface area contributed by atoms with E-state index < -0.39 is 16.0 Å². The first-order valence-electron chi connectivity index (χ1n) is 9.16. The molecule has 1 amide bonds. The highest BCUT2D eigenvalue weighted by atomic mass is 32.2. The molecule has 1 aromatic heterocycles. The molecular formula is C20H23N3O5S. The first-order chi connectivity index (χ1) is 13.9. The van der Waals surface area contributed by atoms with Crippen LogP contribution in [0, 0.1) is 0 Å². The molecule has 0 N–H and O–H groups in total. The van der Waals surface area contributed by atoms with Crippen LogP contribution in [0.4, 0.5) is 0 Å². The lowest BCUT2D eigenvalue weighted by molar-refractivity contribution is -0.135. The molecule has 1 aliphatic heterocycles. The first-order valence-corrected chi connectivity index (χ1v) is 10.7. The summed E-state index contributed by atoms with van der Waals surface area (Å²) in [5.74, 6) is -0.914. The Balaban J connectivity index is 1.49. The van der Waals surface area contributed by atoms with Crippen LogP contribution in [0.5, 0.6) is 0 Å². The number of rotatable bonds is 6. The van der Waals surface area contributed by atoms with Gasteiger partial charge in [0.2, 0.25) is 10.0 Å². The molecule has 1 aliphatic rings. The SMILES string of the molecule is Cn1cccc1C(=O)OCC(=O)N1CCN(S(=O)(=O)/C=C/c2ccccc2)CC1. The highest BCUT2D eigenvalue weighted by Gasteiger charge is 2.27. The van der Waals surface area contributed by atoms with E-state index >= 15 is 0 Å². The summed E-state index contributed by atoms with van der Waals surface area (Å²) in [6.45, 7) is 0.514. The van der Waals surface area contributed by atoms with Crippen molar-refractivity contribution in [2.24, 2.45) is 7.05 Å². The number of amides is 1. The second-order valence-electron chi connectivity index (χ2n) is 6.62. The molecule has 1 saturated heterocycles. The molecule has 1 fully saturated rings. The Morgan fingerprint density at radius 1 is 1.03 bits per heavy atom. The zero-order valence-electron chi connectivity index (χ0n) is 16.1. The van der Waals surface area contributed by atoms with E-state index in [1.807, 2.05) is 30.3 Å². The van der Waals surface area contributed by atoms with Crippen LogP contribution < -0.4 is 0 Å². The summed E-state index contributed by atoms with van der Waals surface area (Å²) in [7, 11) is -1.85. The largest absolute Gasteiger partial charge is 0.451 e. The number of ether oxygens (including phenoxy) is 1. The van der Waals surface area contributed by atoms with Crippen LogP contribution in [0.3, 0.4) is 0 Å². The fourth-order valence-electron chi connectivity index (χ4n) is 2.97. The van der Waals surface area contributed by atoms with E-state index in [9.17, 15) is 18.0 Å². The van der Waals surface area contributed by atoms with Crippen LogP contribution in [-0.4, -0.2) is 66.9 Å². The number of carbonyl (C=O) groups is 2. The molecule has 0 bridgehead atoms. The zero-order chi connectivity index (χ0) is 20.9. The minimum Gasteiger partial charge on any atom is -0.451 e. The second-order valence-corrected chi connectivity index (χ2v) is 8.44. The molecule has 154 valence electrons. The maximum atomic E-state index is 12.5. The number of hydrogen-bond donors (Lipinski definition) is 0. The van der Waals surface area contributed by atoms with Gasteiger partial charge in [0.05, 0.1) is 0 Å². The van der Waals surface area contributed by atoms with Gasteiger partial charge in [0.15, 0.2) is 6.61 Å². The van der Waals surface area contributed by atoms with Gasteiger partial charge in [-0.1, -0.05) is 30.3 Å². The molecule has 0 radical (unpaired) electrons. The molecule has 8 nitrogen and oxygen atoms in total. The number of nitrogens with zero attached hydrogens (tertiary/aromatic N) is 3. The number of sulfonamides is 1. The Morgan fingerprint density at radius 3 is 2.34 bits per heavy atom. The summed E-state index contributed by atoms with van der Waals surface area (Å²) in [4.78, 5) is 25.8. The van der Waals surface area contributed by atoms with Crippen molar-refractivity contribution >= 4 is 28.0 Å². The Kier molecular flexibility index (Phi) is 6.50. The topological polar surface area (TPSA) is 88.9 Å². The Morgan fingerprint density at radius 2 is 1.72 bits per heavy atom. The smallest absolute Gasteiger partial charge is 0.355 e. The average Bonchev–Trinajstić information content (AvgIpc) is 3.17. The number of aromatic nitrogens is 1. The average molecular weight is 417 g/mol. The molecule has 0 atom stereocenters. The second kappa shape index (κ2) is 9.06. The van der Waals surface area contributed by atoms with Gasteiger partial charge in [-0.3, -0.25) is 4.79 Å². The Hall–Kier alpha value is -2.91. The lowest BCUT2D eigenvalue weighted by Gasteiger charge is -2.33. The lowest BCUT2D eigenvalue weighted by atomic mass is 10.2. The molecule has 0 aliphatic carbocycles. The van der Waals surface area contributed by atoms with Crippen molar-refractivity contribution < 1.29 is 22.7 Å². The molecule has 0 spiro atoms. The molecule has 1 aromatic carbocycles. The first kappa shape index (κ1) is 20.8. The van der Waals surface area contributed by atoms with E-state index in [1.54, 1.807) is 36.0 Å². The maximum absolute atomic E-state index is 12.5. The van der Waals surface area contributed by atoms with Crippen molar-refractivity contribution in [3.63, 3.8) is 0 Å². The summed E-state index contributed by atoms with van der Waals surface area (Å²) >= 11 is 0. The quantitative estimate of drug-likeness (QED) is 0.662. The van der Waals surface area contributed by atoms with Crippen molar-refractivity contribution in [2.45, 2.75) is 0 Å². The minimum atomic E-state index is -3.56. The van der Waals surface area contributed by atoms with Gasteiger partial charge in [-0.2, -0.15) is 4.31 Å². The predicted molar refractivity (Wildman–Crippen MR) is 108 cm³/mol. The van der Waals surface area contributed by atoms with E-state index in [1.165, 1.54) is 14.6 Å². The standard InChI is InChI=1S/C20H23N3O5S/c1-21-10-5-8-18(21)20(25)28-16-19(24)22-11-13-23(14-12-22)29(26,27)15-9-17-6-3-2-4-7-17/h2-10,15H,11-14,16H2,1H3/b15-9+. The van der Waals surface area contributed by atoms with Crippen LogP contribution in [0.15, 0.2) is 54.1 Å². The van der Waals surface area contributed by atoms with Gasteiger partial charge in [0, 0.05) is 44.8 Å². The highest BCUT2D eigenvalue weighted by Crippen LogP contribution is 2.12. The number of hydrogen-bond acceptors (Lipinski definition) is 5. The van der Waals surface area contributed by atoms with Crippen molar-refractivity contribution in [2.75, 3.05) is 32.8 Å². The normalized spacial score (nSPS) is 15.6. The monoisotopic (exact) mass is 417 g/mol. The van der Waals surface area contributed by atoms with Gasteiger partial charge in [-0.05, 0) is 23.8 Å². The van der Waals surface area contributed by atoms with Gasteiger partial charge >= 0.3 is 5.97 Å².